The van der Waals surface area contributed by atoms with E-state index in [2.05, 4.69) is 19.2 Å². The number of amides is 1. The summed E-state index contributed by atoms with van der Waals surface area (Å²) in [6, 6.07) is 0. The Morgan fingerprint density at radius 2 is 2.18 bits per heavy atom. The fourth-order valence-corrected chi connectivity index (χ4v) is 2.64. The van der Waals surface area contributed by atoms with Crippen LogP contribution in [-0.2, 0) is 4.79 Å². The number of nitrogens with two attached hydrogens (primary N) is 1. The van der Waals surface area contributed by atoms with Crippen LogP contribution in [0.15, 0.2) is 0 Å². The summed E-state index contributed by atoms with van der Waals surface area (Å²) < 4.78 is 0. The molecule has 0 saturated heterocycles. The van der Waals surface area contributed by atoms with Crippen LogP contribution in [0.3, 0.4) is 0 Å². The number of nitrogens with one attached hydrogen (secondary N) is 1. The Labute approximate surface area is 104 Å². The third kappa shape index (κ3) is 4.64. The number of carbonyl (C=O) groups excluding carboxylic acids is 1. The molecule has 0 bridgehead atoms. The van der Waals surface area contributed by atoms with E-state index in [1.54, 1.807) is 0 Å². The number of hydrogen-bond acceptors (Lipinski definition) is 3. The molecule has 0 aromatic heterocycles. The maximum absolute atomic E-state index is 11.9. The van der Waals surface area contributed by atoms with Crippen LogP contribution in [0.5, 0.6) is 0 Å². The highest BCUT2D eigenvalue weighted by atomic mass is 16.3. The first-order valence-corrected chi connectivity index (χ1v) is 6.70. The summed E-state index contributed by atoms with van der Waals surface area (Å²) in [6.07, 6.45) is 3.38. The van der Waals surface area contributed by atoms with E-state index in [-0.39, 0.29) is 11.8 Å². The van der Waals surface area contributed by atoms with E-state index >= 15 is 0 Å². The van der Waals surface area contributed by atoms with Gasteiger partial charge in [-0.25, -0.2) is 0 Å². The molecule has 0 radical (unpaired) electrons. The predicted octanol–water partition coefficient (Wildman–Crippen LogP) is 0.885. The molecule has 3 unspecified atom stereocenters. The number of hydrogen-bond donors (Lipinski definition) is 3. The maximum Gasteiger partial charge on any atom is 0.223 e. The maximum atomic E-state index is 11.9. The van der Waals surface area contributed by atoms with Gasteiger partial charge in [0.1, 0.15) is 0 Å². The summed E-state index contributed by atoms with van der Waals surface area (Å²) in [5, 5.41) is 12.5. The van der Waals surface area contributed by atoms with E-state index in [0.29, 0.717) is 24.9 Å². The summed E-state index contributed by atoms with van der Waals surface area (Å²) in [7, 11) is 0. The van der Waals surface area contributed by atoms with Crippen LogP contribution in [-0.4, -0.2) is 30.2 Å². The molecule has 1 aliphatic carbocycles. The summed E-state index contributed by atoms with van der Waals surface area (Å²) >= 11 is 0. The smallest absolute Gasteiger partial charge is 0.223 e. The van der Waals surface area contributed by atoms with Crippen molar-refractivity contribution in [2.24, 2.45) is 23.5 Å². The Balaban J connectivity index is 2.29. The highest BCUT2D eigenvalue weighted by Gasteiger charge is 2.31. The molecule has 1 rings (SSSR count). The molecular formula is C13H26N2O2. The van der Waals surface area contributed by atoms with Crippen molar-refractivity contribution in [3.05, 3.63) is 0 Å². The molecule has 1 amide bonds. The third-order valence-corrected chi connectivity index (χ3v) is 3.55. The van der Waals surface area contributed by atoms with Gasteiger partial charge in [-0.3, -0.25) is 4.79 Å². The monoisotopic (exact) mass is 242 g/mol. The number of aliphatic hydroxyl groups excluding tert-OH is 1. The lowest BCUT2D eigenvalue weighted by atomic mass is 9.95. The summed E-state index contributed by atoms with van der Waals surface area (Å²) in [4.78, 5) is 11.9. The van der Waals surface area contributed by atoms with E-state index in [1.165, 1.54) is 0 Å². The largest absolute Gasteiger partial charge is 0.391 e. The van der Waals surface area contributed by atoms with Crippen LogP contribution in [0.2, 0.25) is 0 Å². The molecule has 3 atom stereocenters. The van der Waals surface area contributed by atoms with Gasteiger partial charge in [0, 0.05) is 12.5 Å². The second-order valence-electron chi connectivity index (χ2n) is 5.56. The predicted molar refractivity (Wildman–Crippen MR) is 68.4 cm³/mol. The third-order valence-electron chi connectivity index (χ3n) is 3.55. The van der Waals surface area contributed by atoms with Crippen molar-refractivity contribution < 1.29 is 9.90 Å². The second-order valence-corrected chi connectivity index (χ2v) is 5.56. The number of carbonyl (C=O) groups is 1. The van der Waals surface area contributed by atoms with Gasteiger partial charge in [0.15, 0.2) is 0 Å². The topological polar surface area (TPSA) is 75.3 Å². The zero-order valence-electron chi connectivity index (χ0n) is 11.0. The minimum absolute atomic E-state index is 0.0613. The first kappa shape index (κ1) is 14.5. The average molecular weight is 242 g/mol. The fraction of sp³-hybridized carbons (Fsp3) is 0.923. The summed E-state index contributed by atoms with van der Waals surface area (Å²) in [6.45, 7) is 5.08. The van der Waals surface area contributed by atoms with E-state index in [0.717, 1.165) is 25.7 Å². The summed E-state index contributed by atoms with van der Waals surface area (Å²) in [5.41, 5.74) is 5.65. The van der Waals surface area contributed by atoms with Crippen LogP contribution in [0.4, 0.5) is 0 Å². The van der Waals surface area contributed by atoms with Crippen molar-refractivity contribution in [3.63, 3.8) is 0 Å². The molecule has 4 heteroatoms. The molecule has 0 heterocycles. The van der Waals surface area contributed by atoms with Crippen molar-refractivity contribution in [1.29, 1.82) is 0 Å². The molecule has 0 aromatic rings. The van der Waals surface area contributed by atoms with Gasteiger partial charge in [-0.05, 0) is 37.6 Å². The average Bonchev–Trinajstić information content (AvgIpc) is 2.72. The molecule has 1 fully saturated rings. The van der Waals surface area contributed by atoms with Gasteiger partial charge in [-0.15, -0.1) is 0 Å². The van der Waals surface area contributed by atoms with Gasteiger partial charge in [0.2, 0.25) is 5.91 Å². The van der Waals surface area contributed by atoms with E-state index < -0.39 is 6.10 Å². The Morgan fingerprint density at radius 3 is 2.76 bits per heavy atom. The Hall–Kier alpha value is -0.610. The molecule has 100 valence electrons. The van der Waals surface area contributed by atoms with Crippen molar-refractivity contribution in [2.75, 3.05) is 13.1 Å². The first-order valence-electron chi connectivity index (χ1n) is 6.70. The van der Waals surface area contributed by atoms with Gasteiger partial charge < -0.3 is 16.2 Å². The normalized spacial score (nSPS) is 26.2. The SMILES string of the molecule is CC(C)CC(O)CNC(=O)C1CCCC1CN. The molecule has 17 heavy (non-hydrogen) atoms. The second kappa shape index (κ2) is 6.97. The van der Waals surface area contributed by atoms with Crippen LogP contribution >= 0.6 is 0 Å². The Bertz CT molecular complexity index is 244. The van der Waals surface area contributed by atoms with Gasteiger partial charge in [-0.2, -0.15) is 0 Å². The fourth-order valence-electron chi connectivity index (χ4n) is 2.64. The first-order chi connectivity index (χ1) is 8.04. The van der Waals surface area contributed by atoms with Crippen LogP contribution < -0.4 is 11.1 Å². The van der Waals surface area contributed by atoms with E-state index in [1.807, 2.05) is 0 Å². The van der Waals surface area contributed by atoms with Gasteiger partial charge in [0.05, 0.1) is 6.10 Å². The minimum Gasteiger partial charge on any atom is -0.391 e. The highest BCUT2D eigenvalue weighted by molar-refractivity contribution is 5.79. The van der Waals surface area contributed by atoms with Gasteiger partial charge in [0.25, 0.3) is 0 Å². The van der Waals surface area contributed by atoms with Crippen molar-refractivity contribution in [1.82, 2.24) is 5.32 Å². The van der Waals surface area contributed by atoms with Crippen molar-refractivity contribution >= 4 is 5.91 Å². The standard InChI is InChI=1S/C13H26N2O2/c1-9(2)6-11(16)8-15-13(17)12-5-3-4-10(12)7-14/h9-12,16H,3-8,14H2,1-2H3,(H,15,17). The van der Waals surface area contributed by atoms with Gasteiger partial charge >= 0.3 is 0 Å². The van der Waals surface area contributed by atoms with Gasteiger partial charge in [-0.1, -0.05) is 20.3 Å². The molecule has 0 spiro atoms. The van der Waals surface area contributed by atoms with Crippen LogP contribution in [0.25, 0.3) is 0 Å². The zero-order chi connectivity index (χ0) is 12.8. The van der Waals surface area contributed by atoms with E-state index in [9.17, 15) is 9.90 Å². The lowest BCUT2D eigenvalue weighted by Crippen LogP contribution is -2.39. The Kier molecular flexibility index (Phi) is 5.92. The van der Waals surface area contributed by atoms with Crippen LogP contribution in [0, 0.1) is 17.8 Å². The zero-order valence-corrected chi connectivity index (χ0v) is 11.0. The highest BCUT2D eigenvalue weighted by Crippen LogP contribution is 2.30. The number of rotatable bonds is 6. The molecular weight excluding hydrogens is 216 g/mol. The van der Waals surface area contributed by atoms with Crippen LogP contribution in [0.1, 0.15) is 39.5 Å². The molecule has 1 saturated carbocycles. The van der Waals surface area contributed by atoms with E-state index in [4.69, 9.17) is 5.73 Å². The van der Waals surface area contributed by atoms with Crippen molar-refractivity contribution in [2.45, 2.75) is 45.6 Å². The molecule has 0 aliphatic heterocycles. The molecule has 4 nitrogen and oxygen atoms in total. The quantitative estimate of drug-likeness (QED) is 0.647. The van der Waals surface area contributed by atoms with Crippen molar-refractivity contribution in [3.8, 4) is 0 Å². The lowest BCUT2D eigenvalue weighted by Gasteiger charge is -2.19. The number of aliphatic hydroxyl groups is 1. The molecule has 1 aliphatic rings. The minimum atomic E-state index is -0.434. The Morgan fingerprint density at radius 1 is 1.47 bits per heavy atom. The molecule has 4 N–H and O–H groups in total. The summed E-state index contributed by atoms with van der Waals surface area (Å²) in [5.74, 6) is 0.912. The lowest BCUT2D eigenvalue weighted by molar-refractivity contribution is -0.126. The molecule has 0 aromatic carbocycles.